The number of amides is 3. The minimum Gasteiger partial charge on any atom is -0.374 e. The van der Waals surface area contributed by atoms with Crippen molar-refractivity contribution in [2.45, 2.75) is 65.9 Å². The van der Waals surface area contributed by atoms with Crippen LogP contribution in [0.5, 0.6) is 0 Å². The molecule has 1 aliphatic carbocycles. The number of halogens is 2. The summed E-state index contributed by atoms with van der Waals surface area (Å²) in [7, 11) is -11.2. The number of nitrogens with zero attached hydrogens (tertiary/aromatic N) is 12. The molecule has 7 heterocycles. The molecule has 14 rings (SSSR count). The Balaban J connectivity index is 0.000000219. The van der Waals surface area contributed by atoms with Crippen molar-refractivity contribution in [3.63, 3.8) is 0 Å². The molecule has 540 valence electrons. The first-order valence-corrected chi connectivity index (χ1v) is 38.2. The topological polar surface area (TPSA) is 291 Å². The fourth-order valence-electron chi connectivity index (χ4n) is 12.7. The van der Waals surface area contributed by atoms with Crippen LogP contribution in [0.3, 0.4) is 0 Å². The van der Waals surface area contributed by atoms with Crippen LogP contribution >= 0.6 is 11.3 Å². The average molecular weight is 1470 g/mol. The van der Waals surface area contributed by atoms with Crippen molar-refractivity contribution in [1.29, 1.82) is 0 Å². The molecule has 3 amide bonds. The zero-order valence-corrected chi connectivity index (χ0v) is 59.0. The molecule has 3 saturated heterocycles. The number of piperazine rings is 3. The maximum Gasteiger partial charge on any atom is 0.263 e. The fraction of sp³-hybridized carbons (Fsp3) is 0.268. The molecule has 4 atom stereocenters. The second-order valence-electron chi connectivity index (χ2n) is 24.7. The average Bonchev–Trinajstić information content (AvgIpc) is 1.76. The molecule has 0 bridgehead atoms. The molecule has 102 heavy (non-hydrogen) atoms. The molecule has 0 saturated carbocycles. The highest BCUT2D eigenvalue weighted by atomic mass is 32.2. The van der Waals surface area contributed by atoms with Crippen LogP contribution in [0.1, 0.15) is 51.0 Å². The van der Waals surface area contributed by atoms with Gasteiger partial charge < -0.3 is 39.3 Å². The molecular weight excluding hydrogens is 1390 g/mol. The molecule has 4 aromatic heterocycles. The van der Waals surface area contributed by atoms with Gasteiger partial charge in [0.25, 0.3) is 30.1 Å². The molecule has 0 spiro atoms. The zero-order valence-electron chi connectivity index (χ0n) is 55.8. The Hall–Kier alpha value is -10.6. The highest BCUT2D eigenvalue weighted by molar-refractivity contribution is 7.93. The summed E-state index contributed by atoms with van der Waals surface area (Å²) in [6, 6.07) is 42.8. The normalized spacial score (nSPS) is 16.8. The standard InChI is InChI=1S/C25H26FN5O3S2.C23H25FN6O3S.C23H23N5O3S.5H2/c1-17-16-29(20-6-8-21(9-7-20)36(33,34)28-25-27-11-15-35-25)13-14-30(17)24(32)18(2)31-12-10-19-4-3-5-22(26)23(19)31;1-17(27-19-4-2-3-18(24)15-19)23(31)30-13-11-29(12-14-30)20-5-7-21(8-6-20)34(32,33)28-22-9-10-25-16-26-22;29-23(21-15-17-3-1-2-4-20(17)21)28-13-11-27(12-14-28)18-5-7-19(8-6-18)32(30,31)26-22-9-10-24-16-25-22;;;;;/h3-12,15,17-18H,13-14,16H2,1-2H3,(H,27,28);2-10,15-17,27H,11-14H2,1H3,(H,25,26,28);1-10,16,21H,11-15H2,(H,24,25,26);5*1H/t17-,18+;;;;;;;/m0......./s1. The first-order chi connectivity index (χ1) is 49.1. The number of sulfonamides is 3. The van der Waals surface area contributed by atoms with Crippen molar-refractivity contribution in [3.05, 3.63) is 223 Å². The Morgan fingerprint density at radius 2 is 1.10 bits per heavy atom. The van der Waals surface area contributed by atoms with E-state index in [2.05, 4.69) is 65.2 Å². The van der Waals surface area contributed by atoms with Crippen molar-refractivity contribution in [2.24, 2.45) is 0 Å². The fourth-order valence-corrected chi connectivity index (χ4v) is 16.5. The maximum atomic E-state index is 14.5. The number of rotatable bonds is 18. The summed E-state index contributed by atoms with van der Waals surface area (Å²) in [5.41, 5.74) is 6.12. The van der Waals surface area contributed by atoms with E-state index in [0.717, 1.165) is 34.4 Å². The number of benzene rings is 6. The van der Waals surface area contributed by atoms with Gasteiger partial charge in [0.15, 0.2) is 5.13 Å². The third-order valence-corrected chi connectivity index (χ3v) is 23.0. The number of fused-ring (bicyclic) bond motifs is 2. The van der Waals surface area contributed by atoms with Gasteiger partial charge in [-0.25, -0.2) is 59.0 Å². The summed E-state index contributed by atoms with van der Waals surface area (Å²) in [4.78, 5) is 70.8. The molecular formula is C71H84F2N16O9S4. The lowest BCUT2D eigenvalue weighted by atomic mass is 9.77. The van der Waals surface area contributed by atoms with E-state index in [9.17, 15) is 48.4 Å². The van der Waals surface area contributed by atoms with Crippen molar-refractivity contribution < 1.29 is 55.6 Å². The largest absolute Gasteiger partial charge is 0.374 e. The second-order valence-corrected chi connectivity index (χ2v) is 30.6. The number of carbonyl (C=O) groups is 3. The number of anilines is 7. The molecule has 10 aromatic rings. The molecule has 2 unspecified atom stereocenters. The van der Waals surface area contributed by atoms with Gasteiger partial charge in [0.05, 0.1) is 26.1 Å². The lowest BCUT2D eigenvalue weighted by molar-refractivity contribution is -0.136. The molecule has 6 aromatic carbocycles. The van der Waals surface area contributed by atoms with E-state index < -0.39 is 42.2 Å². The molecule has 4 N–H and O–H groups in total. The van der Waals surface area contributed by atoms with Crippen LogP contribution in [0.25, 0.3) is 10.9 Å². The number of hydrogen-bond donors (Lipinski definition) is 4. The summed E-state index contributed by atoms with van der Waals surface area (Å²) in [6.45, 7) is 12.3. The number of carbonyl (C=O) groups excluding carboxylic acids is 3. The third-order valence-electron chi connectivity index (χ3n) is 18.1. The first-order valence-electron chi connectivity index (χ1n) is 32.9. The lowest BCUT2D eigenvalue weighted by Gasteiger charge is -2.42. The van der Waals surface area contributed by atoms with Crippen LogP contribution in [0.2, 0.25) is 0 Å². The van der Waals surface area contributed by atoms with E-state index in [1.54, 1.807) is 126 Å². The summed E-state index contributed by atoms with van der Waals surface area (Å²) >= 11 is 1.21. The van der Waals surface area contributed by atoms with E-state index in [-0.39, 0.29) is 74.8 Å². The van der Waals surface area contributed by atoms with Gasteiger partial charge in [-0.2, -0.15) is 0 Å². The van der Waals surface area contributed by atoms with Gasteiger partial charge in [-0.1, -0.05) is 42.5 Å². The van der Waals surface area contributed by atoms with E-state index in [0.29, 0.717) is 88.3 Å². The number of aromatic nitrogens is 6. The number of thiazole rings is 1. The molecule has 31 heteroatoms. The maximum absolute atomic E-state index is 14.5. The zero-order chi connectivity index (χ0) is 71.7. The van der Waals surface area contributed by atoms with Gasteiger partial charge in [0.2, 0.25) is 17.7 Å². The Labute approximate surface area is 601 Å². The highest BCUT2D eigenvalue weighted by Gasteiger charge is 2.37. The molecule has 3 fully saturated rings. The van der Waals surface area contributed by atoms with Gasteiger partial charge in [0.1, 0.15) is 48.0 Å². The third kappa shape index (κ3) is 16.7. The SMILES string of the molecule is CC(Nc1cccc(F)c1)C(=O)N1CCN(c2ccc(S(=O)(=O)Nc3ccncn3)cc2)CC1.C[C@H](C(=O)N1CCN(c2ccc(S(=O)(=O)Nc3nccs3)cc2)C[C@@H]1C)n1ccc2cccc(F)c21.O=C(C1Cc2ccccc21)N1CCN(c2ccc(S(=O)(=O)Nc3ccncn3)cc2)CC1.[HH].[HH].[HH].[HH].[HH]. The minimum atomic E-state index is -3.76. The Kier molecular flexibility index (Phi) is 21.7. The van der Waals surface area contributed by atoms with Crippen LogP contribution in [-0.2, 0) is 50.9 Å². The smallest absolute Gasteiger partial charge is 0.263 e. The lowest BCUT2D eigenvalue weighted by Crippen LogP contribution is -2.55. The van der Waals surface area contributed by atoms with Gasteiger partial charge in [-0.05, 0) is 154 Å². The van der Waals surface area contributed by atoms with Gasteiger partial charge in [-0.15, -0.1) is 11.3 Å². The Bertz CT molecular complexity index is 4960. The molecule has 25 nitrogen and oxygen atoms in total. The van der Waals surface area contributed by atoms with Crippen LogP contribution in [0.4, 0.5) is 48.3 Å². The predicted octanol–water partition coefficient (Wildman–Crippen LogP) is 10.4. The molecule has 3 aliphatic heterocycles. The van der Waals surface area contributed by atoms with Crippen LogP contribution in [-0.4, -0.2) is 171 Å². The molecule has 4 aliphatic rings. The van der Waals surface area contributed by atoms with Crippen LogP contribution in [0.15, 0.2) is 215 Å². The van der Waals surface area contributed by atoms with Crippen LogP contribution < -0.4 is 34.2 Å². The van der Waals surface area contributed by atoms with E-state index >= 15 is 0 Å². The second kappa shape index (κ2) is 31.1. The first kappa shape index (κ1) is 71.2. The Morgan fingerprint density at radius 1 is 0.559 bits per heavy atom. The quantitative estimate of drug-likeness (QED) is 0.0621. The monoisotopic (exact) mass is 1470 g/mol. The predicted molar refractivity (Wildman–Crippen MR) is 398 cm³/mol. The van der Waals surface area contributed by atoms with E-state index in [1.807, 2.05) is 47.1 Å². The van der Waals surface area contributed by atoms with Crippen molar-refractivity contribution >= 4 is 110 Å². The van der Waals surface area contributed by atoms with E-state index in [4.69, 9.17) is 0 Å². The summed E-state index contributed by atoms with van der Waals surface area (Å²) in [5, 5.41) is 5.83. The summed E-state index contributed by atoms with van der Waals surface area (Å²) < 4.78 is 112. The number of nitrogens with one attached hydrogen (secondary N) is 4. The minimum absolute atomic E-state index is 0. The number of hydrogen-bond acceptors (Lipinski definition) is 19. The summed E-state index contributed by atoms with van der Waals surface area (Å²) in [6.07, 6.45) is 9.61. The van der Waals surface area contributed by atoms with Crippen molar-refractivity contribution in [1.82, 2.24) is 44.2 Å². The summed E-state index contributed by atoms with van der Waals surface area (Å²) in [5.74, 6) is -0.201. The van der Waals surface area contributed by atoms with Gasteiger partial charge >= 0.3 is 0 Å². The van der Waals surface area contributed by atoms with Crippen molar-refractivity contribution in [3.8, 4) is 0 Å². The van der Waals surface area contributed by atoms with Gasteiger partial charge in [0, 0.05) is 143 Å². The van der Waals surface area contributed by atoms with E-state index in [1.165, 1.54) is 78.5 Å². The molecule has 0 radical (unpaired) electrons. The Morgan fingerprint density at radius 3 is 1.63 bits per heavy atom. The number of para-hydroxylation sites is 1. The highest BCUT2D eigenvalue weighted by Crippen LogP contribution is 2.37. The van der Waals surface area contributed by atoms with Crippen molar-refractivity contribution in [2.75, 3.05) is 106 Å². The van der Waals surface area contributed by atoms with Crippen LogP contribution in [0, 0.1) is 11.6 Å². The van der Waals surface area contributed by atoms with Gasteiger partial charge in [-0.3, -0.25) is 28.5 Å².